The van der Waals surface area contributed by atoms with Crippen LogP contribution in [0.1, 0.15) is 10.4 Å². The Balaban J connectivity index is 2.47. The summed E-state index contributed by atoms with van der Waals surface area (Å²) >= 11 is 7.84. The maximum atomic E-state index is 6.07. The fraction of sp³-hybridized carbons (Fsp3) is 0.167. The molecule has 0 fully saturated rings. The van der Waals surface area contributed by atoms with Gasteiger partial charge in [-0.3, -0.25) is 0 Å². The minimum atomic E-state index is 0.839. The predicted molar refractivity (Wildman–Crippen MR) is 64.2 cm³/mol. The molecular formula is C12H11ClS. The standard InChI is InChI=1S/C12H11ClS/c1-8-3-4-10(6-12(8)13)11-5-9(2)14-7-11/h3-7H,1-2H3. The zero-order chi connectivity index (χ0) is 10.1. The molecular weight excluding hydrogens is 212 g/mol. The third-order valence-corrected chi connectivity index (χ3v) is 3.50. The van der Waals surface area contributed by atoms with E-state index in [1.807, 2.05) is 13.0 Å². The summed E-state index contributed by atoms with van der Waals surface area (Å²) in [5, 5.41) is 3.00. The van der Waals surface area contributed by atoms with Gasteiger partial charge in [-0.15, -0.1) is 11.3 Å². The van der Waals surface area contributed by atoms with E-state index in [-0.39, 0.29) is 0 Å². The molecule has 1 aromatic carbocycles. The number of thiophene rings is 1. The summed E-state index contributed by atoms with van der Waals surface area (Å²) < 4.78 is 0. The van der Waals surface area contributed by atoms with Crippen molar-refractivity contribution in [2.45, 2.75) is 13.8 Å². The number of aryl methyl sites for hydroxylation is 2. The molecule has 0 radical (unpaired) electrons. The smallest absolute Gasteiger partial charge is 0.0441 e. The third-order valence-electron chi connectivity index (χ3n) is 2.24. The number of hydrogen-bond donors (Lipinski definition) is 0. The summed E-state index contributed by atoms with van der Waals surface area (Å²) in [6.07, 6.45) is 0. The van der Waals surface area contributed by atoms with Gasteiger partial charge in [0.05, 0.1) is 0 Å². The van der Waals surface area contributed by atoms with Gasteiger partial charge in [-0.1, -0.05) is 23.7 Å². The fourth-order valence-electron chi connectivity index (χ4n) is 1.37. The lowest BCUT2D eigenvalue weighted by atomic mass is 10.1. The highest BCUT2D eigenvalue weighted by atomic mass is 35.5. The lowest BCUT2D eigenvalue weighted by molar-refractivity contribution is 1.47. The van der Waals surface area contributed by atoms with Gasteiger partial charge in [0.1, 0.15) is 0 Å². The number of rotatable bonds is 1. The Bertz CT molecular complexity index is 457. The summed E-state index contributed by atoms with van der Waals surface area (Å²) in [6.45, 7) is 4.13. The molecule has 0 amide bonds. The molecule has 2 rings (SSSR count). The summed E-state index contributed by atoms with van der Waals surface area (Å²) in [4.78, 5) is 1.33. The Morgan fingerprint density at radius 1 is 1.07 bits per heavy atom. The Labute approximate surface area is 93.2 Å². The summed E-state index contributed by atoms with van der Waals surface area (Å²) in [5.41, 5.74) is 3.58. The SMILES string of the molecule is Cc1cc(-c2ccc(C)c(Cl)c2)cs1. The number of hydrogen-bond acceptors (Lipinski definition) is 1. The van der Waals surface area contributed by atoms with Crippen LogP contribution in [-0.4, -0.2) is 0 Å². The van der Waals surface area contributed by atoms with E-state index in [2.05, 4.69) is 30.5 Å². The van der Waals surface area contributed by atoms with Crippen LogP contribution in [-0.2, 0) is 0 Å². The van der Waals surface area contributed by atoms with Crippen molar-refractivity contribution in [3.05, 3.63) is 45.1 Å². The average Bonchev–Trinajstić information content (AvgIpc) is 2.57. The second-order valence-electron chi connectivity index (χ2n) is 3.41. The molecule has 14 heavy (non-hydrogen) atoms. The molecule has 0 saturated carbocycles. The maximum absolute atomic E-state index is 6.07. The van der Waals surface area contributed by atoms with E-state index >= 15 is 0 Å². The van der Waals surface area contributed by atoms with Gasteiger partial charge in [0.15, 0.2) is 0 Å². The second-order valence-corrected chi connectivity index (χ2v) is 4.93. The van der Waals surface area contributed by atoms with Crippen molar-refractivity contribution in [3.8, 4) is 11.1 Å². The van der Waals surface area contributed by atoms with E-state index in [0.29, 0.717) is 0 Å². The maximum Gasteiger partial charge on any atom is 0.0441 e. The van der Waals surface area contributed by atoms with Crippen molar-refractivity contribution in [3.63, 3.8) is 0 Å². The van der Waals surface area contributed by atoms with Gasteiger partial charge in [0.2, 0.25) is 0 Å². The van der Waals surface area contributed by atoms with Crippen molar-refractivity contribution < 1.29 is 0 Å². The van der Waals surface area contributed by atoms with Gasteiger partial charge in [-0.25, -0.2) is 0 Å². The van der Waals surface area contributed by atoms with E-state index in [1.165, 1.54) is 16.0 Å². The van der Waals surface area contributed by atoms with Crippen LogP contribution in [0.25, 0.3) is 11.1 Å². The van der Waals surface area contributed by atoms with Crippen LogP contribution < -0.4 is 0 Å². The molecule has 2 heteroatoms. The van der Waals surface area contributed by atoms with Crippen LogP contribution in [0.2, 0.25) is 5.02 Å². The Morgan fingerprint density at radius 3 is 2.43 bits per heavy atom. The number of benzene rings is 1. The first-order chi connectivity index (χ1) is 6.66. The van der Waals surface area contributed by atoms with Crippen LogP contribution in [0.15, 0.2) is 29.6 Å². The third kappa shape index (κ3) is 1.84. The van der Waals surface area contributed by atoms with Crippen molar-refractivity contribution >= 4 is 22.9 Å². The Kier molecular flexibility index (Phi) is 2.62. The van der Waals surface area contributed by atoms with Gasteiger partial charge >= 0.3 is 0 Å². The molecule has 0 saturated heterocycles. The predicted octanol–water partition coefficient (Wildman–Crippen LogP) is 4.69. The zero-order valence-corrected chi connectivity index (χ0v) is 9.75. The van der Waals surface area contributed by atoms with Gasteiger partial charge in [0, 0.05) is 9.90 Å². The quantitative estimate of drug-likeness (QED) is 0.657. The first-order valence-electron chi connectivity index (χ1n) is 4.48. The van der Waals surface area contributed by atoms with Crippen molar-refractivity contribution in [2.75, 3.05) is 0 Å². The minimum Gasteiger partial charge on any atom is -0.149 e. The highest BCUT2D eigenvalue weighted by Crippen LogP contribution is 2.28. The lowest BCUT2D eigenvalue weighted by Crippen LogP contribution is -1.77. The highest BCUT2D eigenvalue weighted by molar-refractivity contribution is 7.10. The van der Waals surface area contributed by atoms with Crippen LogP contribution >= 0.6 is 22.9 Å². The summed E-state index contributed by atoms with van der Waals surface area (Å²) in [5.74, 6) is 0. The Hall–Kier alpha value is -0.790. The van der Waals surface area contributed by atoms with E-state index in [0.717, 1.165) is 10.6 Å². The van der Waals surface area contributed by atoms with Gasteiger partial charge < -0.3 is 0 Å². The minimum absolute atomic E-state index is 0.839. The first kappa shape index (κ1) is 9.75. The zero-order valence-electron chi connectivity index (χ0n) is 8.17. The van der Waals surface area contributed by atoms with Crippen molar-refractivity contribution in [1.82, 2.24) is 0 Å². The van der Waals surface area contributed by atoms with Crippen LogP contribution in [0.5, 0.6) is 0 Å². The normalized spacial score (nSPS) is 10.5. The molecule has 72 valence electrons. The molecule has 1 aromatic heterocycles. The van der Waals surface area contributed by atoms with Crippen molar-refractivity contribution in [1.29, 1.82) is 0 Å². The lowest BCUT2D eigenvalue weighted by Gasteiger charge is -2.01. The summed E-state index contributed by atoms with van der Waals surface area (Å²) in [7, 11) is 0. The molecule has 0 aliphatic heterocycles. The monoisotopic (exact) mass is 222 g/mol. The Morgan fingerprint density at radius 2 is 1.86 bits per heavy atom. The van der Waals surface area contributed by atoms with Gasteiger partial charge in [-0.2, -0.15) is 0 Å². The van der Waals surface area contributed by atoms with E-state index in [1.54, 1.807) is 11.3 Å². The molecule has 0 bridgehead atoms. The molecule has 0 aliphatic carbocycles. The van der Waals surface area contributed by atoms with Crippen molar-refractivity contribution in [2.24, 2.45) is 0 Å². The molecule has 0 atom stereocenters. The van der Waals surface area contributed by atoms with Crippen LogP contribution in [0, 0.1) is 13.8 Å². The topological polar surface area (TPSA) is 0 Å². The van der Waals surface area contributed by atoms with Crippen LogP contribution in [0.4, 0.5) is 0 Å². The highest BCUT2D eigenvalue weighted by Gasteiger charge is 2.02. The van der Waals surface area contributed by atoms with Gasteiger partial charge in [0.25, 0.3) is 0 Å². The van der Waals surface area contributed by atoms with Gasteiger partial charge in [-0.05, 0) is 48.1 Å². The molecule has 0 spiro atoms. The number of halogens is 1. The average molecular weight is 223 g/mol. The molecule has 1 heterocycles. The molecule has 2 aromatic rings. The molecule has 0 N–H and O–H groups in total. The van der Waals surface area contributed by atoms with E-state index < -0.39 is 0 Å². The van der Waals surface area contributed by atoms with E-state index in [4.69, 9.17) is 11.6 Å². The largest absolute Gasteiger partial charge is 0.149 e. The first-order valence-corrected chi connectivity index (χ1v) is 5.74. The van der Waals surface area contributed by atoms with E-state index in [9.17, 15) is 0 Å². The molecule has 0 unspecified atom stereocenters. The van der Waals surface area contributed by atoms with Crippen LogP contribution in [0.3, 0.4) is 0 Å². The molecule has 0 aliphatic rings. The fourth-order valence-corrected chi connectivity index (χ4v) is 2.26. The second kappa shape index (κ2) is 3.76. The molecule has 0 nitrogen and oxygen atoms in total. The summed E-state index contributed by atoms with van der Waals surface area (Å²) in [6, 6.07) is 8.39.